The van der Waals surface area contributed by atoms with Crippen LogP contribution >= 0.6 is 11.3 Å². The standard InChI is InChI=1S/C16H17N3O2S/c20-14(8-11-4-2-1-3-5-11)19-16-18-13(10-22-16)9-15(21)17-12-6-7-12/h1-5,10,12H,6-9H2,(H,17,21)(H,18,19,20). The SMILES string of the molecule is O=C(Cc1ccccc1)Nc1nc(CC(=O)NC2CC2)cs1. The van der Waals surface area contributed by atoms with Crippen molar-refractivity contribution in [2.45, 2.75) is 31.7 Å². The van der Waals surface area contributed by atoms with Crippen LogP contribution in [0.3, 0.4) is 0 Å². The van der Waals surface area contributed by atoms with Gasteiger partial charge in [-0.15, -0.1) is 11.3 Å². The second-order valence-electron chi connectivity index (χ2n) is 5.37. The van der Waals surface area contributed by atoms with Crippen LogP contribution < -0.4 is 10.6 Å². The maximum absolute atomic E-state index is 11.9. The molecule has 0 radical (unpaired) electrons. The van der Waals surface area contributed by atoms with E-state index in [0.717, 1.165) is 18.4 Å². The molecular formula is C16H17N3O2S. The minimum absolute atomic E-state index is 0.00466. The number of anilines is 1. The molecule has 2 aromatic rings. The zero-order valence-electron chi connectivity index (χ0n) is 12.0. The molecule has 0 saturated heterocycles. The average molecular weight is 315 g/mol. The van der Waals surface area contributed by atoms with Crippen molar-refractivity contribution < 1.29 is 9.59 Å². The number of rotatable bonds is 6. The molecule has 1 aromatic carbocycles. The molecule has 22 heavy (non-hydrogen) atoms. The van der Waals surface area contributed by atoms with Crippen molar-refractivity contribution in [3.8, 4) is 0 Å². The van der Waals surface area contributed by atoms with Crippen LogP contribution in [0.1, 0.15) is 24.1 Å². The molecule has 2 N–H and O–H groups in total. The first kappa shape index (κ1) is 14.7. The zero-order chi connectivity index (χ0) is 15.4. The summed E-state index contributed by atoms with van der Waals surface area (Å²) in [6.45, 7) is 0. The summed E-state index contributed by atoms with van der Waals surface area (Å²) in [6.07, 6.45) is 2.73. The van der Waals surface area contributed by atoms with Gasteiger partial charge in [-0.25, -0.2) is 4.98 Å². The molecule has 3 rings (SSSR count). The number of amides is 2. The lowest BCUT2D eigenvalue weighted by atomic mass is 10.1. The fourth-order valence-corrected chi connectivity index (χ4v) is 2.79. The number of carbonyl (C=O) groups excluding carboxylic acids is 2. The largest absolute Gasteiger partial charge is 0.353 e. The number of thiazole rings is 1. The molecule has 0 atom stereocenters. The van der Waals surface area contributed by atoms with E-state index >= 15 is 0 Å². The Kier molecular flexibility index (Phi) is 4.48. The summed E-state index contributed by atoms with van der Waals surface area (Å²) in [7, 11) is 0. The number of hydrogen-bond donors (Lipinski definition) is 2. The average Bonchev–Trinajstić information content (AvgIpc) is 3.19. The van der Waals surface area contributed by atoms with Gasteiger partial charge in [0.15, 0.2) is 5.13 Å². The lowest BCUT2D eigenvalue weighted by Gasteiger charge is -2.02. The molecule has 0 spiro atoms. The lowest BCUT2D eigenvalue weighted by Crippen LogP contribution is -2.27. The number of aromatic nitrogens is 1. The first-order valence-electron chi connectivity index (χ1n) is 7.26. The van der Waals surface area contributed by atoms with E-state index in [1.165, 1.54) is 11.3 Å². The van der Waals surface area contributed by atoms with Gasteiger partial charge >= 0.3 is 0 Å². The van der Waals surface area contributed by atoms with Crippen molar-refractivity contribution in [3.63, 3.8) is 0 Å². The van der Waals surface area contributed by atoms with Crippen molar-refractivity contribution in [1.29, 1.82) is 0 Å². The van der Waals surface area contributed by atoms with Crippen LogP contribution in [0.15, 0.2) is 35.7 Å². The quantitative estimate of drug-likeness (QED) is 0.858. The third-order valence-corrected chi connectivity index (χ3v) is 4.10. The van der Waals surface area contributed by atoms with E-state index in [1.807, 2.05) is 35.7 Å². The van der Waals surface area contributed by atoms with E-state index in [1.54, 1.807) is 0 Å². The van der Waals surface area contributed by atoms with Crippen molar-refractivity contribution in [3.05, 3.63) is 47.0 Å². The molecular weight excluding hydrogens is 298 g/mol. The Morgan fingerprint density at radius 1 is 1.14 bits per heavy atom. The normalized spacial score (nSPS) is 13.6. The Labute approximate surface area is 132 Å². The van der Waals surface area contributed by atoms with Gasteiger partial charge in [-0.05, 0) is 18.4 Å². The van der Waals surface area contributed by atoms with Crippen molar-refractivity contribution in [2.75, 3.05) is 5.32 Å². The molecule has 6 heteroatoms. The van der Waals surface area contributed by atoms with Gasteiger partial charge in [-0.1, -0.05) is 30.3 Å². The maximum atomic E-state index is 11.9. The van der Waals surface area contributed by atoms with Crippen molar-refractivity contribution >= 4 is 28.3 Å². The van der Waals surface area contributed by atoms with Crippen LogP contribution in [-0.4, -0.2) is 22.8 Å². The monoisotopic (exact) mass is 315 g/mol. The lowest BCUT2D eigenvalue weighted by molar-refractivity contribution is -0.120. The fraction of sp³-hybridized carbons (Fsp3) is 0.312. The fourth-order valence-electron chi connectivity index (χ4n) is 2.06. The molecule has 1 fully saturated rings. The third kappa shape index (κ3) is 4.39. The Bertz CT molecular complexity index is 665. The molecule has 5 nitrogen and oxygen atoms in total. The number of nitrogens with zero attached hydrogens (tertiary/aromatic N) is 1. The number of nitrogens with one attached hydrogen (secondary N) is 2. The topological polar surface area (TPSA) is 71.1 Å². The Morgan fingerprint density at radius 2 is 1.91 bits per heavy atom. The summed E-state index contributed by atoms with van der Waals surface area (Å²) in [4.78, 5) is 27.9. The van der Waals surface area contributed by atoms with E-state index in [0.29, 0.717) is 23.3 Å². The van der Waals surface area contributed by atoms with Gasteiger partial charge in [-0.2, -0.15) is 0 Å². The Hall–Kier alpha value is -2.21. The molecule has 0 unspecified atom stereocenters. The smallest absolute Gasteiger partial charge is 0.230 e. The minimum Gasteiger partial charge on any atom is -0.353 e. The number of hydrogen-bond acceptors (Lipinski definition) is 4. The number of benzene rings is 1. The molecule has 1 aromatic heterocycles. The second kappa shape index (κ2) is 6.70. The highest BCUT2D eigenvalue weighted by Gasteiger charge is 2.23. The molecule has 0 bridgehead atoms. The highest BCUT2D eigenvalue weighted by Crippen LogP contribution is 2.20. The van der Waals surface area contributed by atoms with Gasteiger partial charge in [0.2, 0.25) is 11.8 Å². The molecule has 1 aliphatic carbocycles. The molecule has 114 valence electrons. The van der Waals surface area contributed by atoms with Crippen LogP contribution in [0.4, 0.5) is 5.13 Å². The molecule has 1 heterocycles. The van der Waals surface area contributed by atoms with E-state index in [-0.39, 0.29) is 18.2 Å². The van der Waals surface area contributed by atoms with Crippen molar-refractivity contribution in [2.24, 2.45) is 0 Å². The predicted octanol–water partition coefficient (Wildman–Crippen LogP) is 2.15. The van der Waals surface area contributed by atoms with Gasteiger partial charge in [0.25, 0.3) is 0 Å². The van der Waals surface area contributed by atoms with Crippen LogP contribution in [0, 0.1) is 0 Å². The Morgan fingerprint density at radius 3 is 2.64 bits per heavy atom. The first-order valence-corrected chi connectivity index (χ1v) is 8.14. The van der Waals surface area contributed by atoms with Gasteiger partial charge < -0.3 is 10.6 Å². The van der Waals surface area contributed by atoms with Gasteiger partial charge in [0.05, 0.1) is 18.5 Å². The number of carbonyl (C=O) groups is 2. The van der Waals surface area contributed by atoms with Gasteiger partial charge in [-0.3, -0.25) is 9.59 Å². The zero-order valence-corrected chi connectivity index (χ0v) is 12.9. The summed E-state index contributed by atoms with van der Waals surface area (Å²) in [5.74, 6) is -0.107. The van der Waals surface area contributed by atoms with E-state index in [4.69, 9.17) is 0 Å². The summed E-state index contributed by atoms with van der Waals surface area (Å²) < 4.78 is 0. The maximum Gasteiger partial charge on any atom is 0.230 e. The minimum atomic E-state index is -0.102. The highest BCUT2D eigenvalue weighted by atomic mass is 32.1. The van der Waals surface area contributed by atoms with Gasteiger partial charge in [0, 0.05) is 11.4 Å². The van der Waals surface area contributed by atoms with Crippen LogP contribution in [0.2, 0.25) is 0 Å². The Balaban J connectivity index is 1.50. The predicted molar refractivity (Wildman–Crippen MR) is 85.8 cm³/mol. The summed E-state index contributed by atoms with van der Waals surface area (Å²) in [5.41, 5.74) is 1.65. The molecule has 2 amide bonds. The molecule has 1 aliphatic rings. The van der Waals surface area contributed by atoms with Crippen molar-refractivity contribution in [1.82, 2.24) is 10.3 Å². The third-order valence-electron chi connectivity index (χ3n) is 3.29. The first-order chi connectivity index (χ1) is 10.7. The van der Waals surface area contributed by atoms with Crippen LogP contribution in [0.5, 0.6) is 0 Å². The molecule has 1 saturated carbocycles. The summed E-state index contributed by atoms with van der Waals surface area (Å²) in [5, 5.41) is 8.04. The molecule has 0 aliphatic heterocycles. The summed E-state index contributed by atoms with van der Waals surface area (Å²) in [6, 6.07) is 9.91. The second-order valence-corrected chi connectivity index (χ2v) is 6.23. The summed E-state index contributed by atoms with van der Waals surface area (Å²) >= 11 is 1.34. The highest BCUT2D eigenvalue weighted by molar-refractivity contribution is 7.13. The van der Waals surface area contributed by atoms with Crippen LogP contribution in [-0.2, 0) is 22.4 Å². The van der Waals surface area contributed by atoms with E-state index in [2.05, 4.69) is 15.6 Å². The van der Waals surface area contributed by atoms with E-state index < -0.39 is 0 Å². The van der Waals surface area contributed by atoms with E-state index in [9.17, 15) is 9.59 Å². The van der Waals surface area contributed by atoms with Crippen LogP contribution in [0.25, 0.3) is 0 Å². The van der Waals surface area contributed by atoms with Gasteiger partial charge in [0.1, 0.15) is 0 Å².